The standard InChI is InChI=1S/C16H33N3O2S/c1-12(14(18)15(20)21-16(2,3)4)22-10-9-19-7-5-13(11-17)6-8-19/h12-14H,5-11,17-18H2,1-4H3/t12-,14+/m0/s1. The Labute approximate surface area is 139 Å². The number of ether oxygens (including phenoxy) is 1. The minimum absolute atomic E-state index is 0.0661. The zero-order chi connectivity index (χ0) is 16.8. The molecule has 5 nitrogen and oxygen atoms in total. The number of esters is 1. The number of carbonyl (C=O) groups excluding carboxylic acids is 1. The van der Waals surface area contributed by atoms with Crippen LogP contribution in [0.5, 0.6) is 0 Å². The highest BCUT2D eigenvalue weighted by molar-refractivity contribution is 8.00. The van der Waals surface area contributed by atoms with Gasteiger partial charge in [0.1, 0.15) is 11.6 Å². The lowest BCUT2D eigenvalue weighted by atomic mass is 9.97. The van der Waals surface area contributed by atoms with Crippen molar-refractivity contribution < 1.29 is 9.53 Å². The van der Waals surface area contributed by atoms with Crippen LogP contribution >= 0.6 is 11.8 Å². The quantitative estimate of drug-likeness (QED) is 0.687. The summed E-state index contributed by atoms with van der Waals surface area (Å²) >= 11 is 1.75. The third kappa shape index (κ3) is 7.31. The minimum atomic E-state index is -0.563. The monoisotopic (exact) mass is 331 g/mol. The first-order valence-electron chi connectivity index (χ1n) is 8.25. The molecule has 1 saturated heterocycles. The fourth-order valence-electron chi connectivity index (χ4n) is 2.48. The summed E-state index contributed by atoms with van der Waals surface area (Å²) in [4.78, 5) is 14.4. The van der Waals surface area contributed by atoms with Crippen molar-refractivity contribution in [3.63, 3.8) is 0 Å². The Morgan fingerprint density at radius 1 is 1.36 bits per heavy atom. The summed E-state index contributed by atoms with van der Waals surface area (Å²) in [6.07, 6.45) is 2.41. The number of hydrogen-bond donors (Lipinski definition) is 2. The Bertz CT molecular complexity index is 339. The molecular formula is C16H33N3O2S. The third-order valence-electron chi connectivity index (χ3n) is 4.01. The number of carbonyl (C=O) groups is 1. The molecule has 1 aliphatic rings. The molecule has 0 bridgehead atoms. The summed E-state index contributed by atoms with van der Waals surface area (Å²) in [7, 11) is 0. The van der Waals surface area contributed by atoms with Crippen LogP contribution in [-0.4, -0.2) is 59.7 Å². The molecule has 4 N–H and O–H groups in total. The van der Waals surface area contributed by atoms with Crippen LogP contribution in [0.1, 0.15) is 40.5 Å². The molecular weight excluding hydrogens is 298 g/mol. The second-order valence-electron chi connectivity index (χ2n) is 7.16. The van der Waals surface area contributed by atoms with Gasteiger partial charge in [0.15, 0.2) is 0 Å². The van der Waals surface area contributed by atoms with Crippen LogP contribution in [0.3, 0.4) is 0 Å². The molecule has 1 heterocycles. The fraction of sp³-hybridized carbons (Fsp3) is 0.938. The normalized spacial score (nSPS) is 20.6. The van der Waals surface area contributed by atoms with Gasteiger partial charge in [-0.05, 0) is 59.2 Å². The molecule has 0 radical (unpaired) electrons. The Morgan fingerprint density at radius 3 is 2.45 bits per heavy atom. The lowest BCUT2D eigenvalue weighted by Gasteiger charge is -2.31. The van der Waals surface area contributed by atoms with E-state index >= 15 is 0 Å². The van der Waals surface area contributed by atoms with Crippen LogP contribution in [0.25, 0.3) is 0 Å². The van der Waals surface area contributed by atoms with E-state index in [1.807, 2.05) is 27.7 Å². The highest BCUT2D eigenvalue weighted by Gasteiger charge is 2.27. The summed E-state index contributed by atoms with van der Waals surface area (Å²) < 4.78 is 5.34. The van der Waals surface area contributed by atoms with E-state index in [-0.39, 0.29) is 11.2 Å². The van der Waals surface area contributed by atoms with Crippen molar-refractivity contribution in [2.24, 2.45) is 17.4 Å². The maximum atomic E-state index is 12.0. The van der Waals surface area contributed by atoms with Gasteiger partial charge in [-0.2, -0.15) is 11.8 Å². The van der Waals surface area contributed by atoms with Crippen LogP contribution in [-0.2, 0) is 9.53 Å². The summed E-state index contributed by atoms with van der Waals surface area (Å²) in [6.45, 7) is 11.7. The smallest absolute Gasteiger partial charge is 0.324 e. The van der Waals surface area contributed by atoms with Crippen LogP contribution in [0.2, 0.25) is 0 Å². The Morgan fingerprint density at radius 2 is 1.95 bits per heavy atom. The Kier molecular flexibility index (Phi) is 8.17. The highest BCUT2D eigenvalue weighted by Crippen LogP contribution is 2.19. The average Bonchev–Trinajstić information content (AvgIpc) is 2.45. The molecule has 1 aliphatic heterocycles. The summed E-state index contributed by atoms with van der Waals surface area (Å²) in [5.41, 5.74) is 11.2. The van der Waals surface area contributed by atoms with E-state index in [1.54, 1.807) is 11.8 Å². The predicted molar refractivity (Wildman–Crippen MR) is 94.0 cm³/mol. The largest absolute Gasteiger partial charge is 0.459 e. The zero-order valence-electron chi connectivity index (χ0n) is 14.5. The lowest BCUT2D eigenvalue weighted by molar-refractivity contribution is -0.156. The van der Waals surface area contributed by atoms with Crippen LogP contribution in [0, 0.1) is 5.92 Å². The number of nitrogens with zero attached hydrogens (tertiary/aromatic N) is 1. The summed E-state index contributed by atoms with van der Waals surface area (Å²) in [5, 5.41) is 0.0661. The van der Waals surface area contributed by atoms with Crippen LogP contribution in [0.15, 0.2) is 0 Å². The van der Waals surface area contributed by atoms with Gasteiger partial charge >= 0.3 is 5.97 Å². The van der Waals surface area contributed by atoms with E-state index in [2.05, 4.69) is 4.90 Å². The van der Waals surface area contributed by atoms with Gasteiger partial charge in [0.25, 0.3) is 0 Å². The first-order chi connectivity index (χ1) is 10.2. The lowest BCUT2D eigenvalue weighted by Crippen LogP contribution is -2.43. The van der Waals surface area contributed by atoms with Crippen molar-refractivity contribution in [3.05, 3.63) is 0 Å². The van der Waals surface area contributed by atoms with E-state index < -0.39 is 11.6 Å². The molecule has 0 unspecified atom stereocenters. The topological polar surface area (TPSA) is 81.6 Å². The van der Waals surface area contributed by atoms with Crippen molar-refractivity contribution in [2.45, 2.75) is 57.4 Å². The fourth-order valence-corrected chi connectivity index (χ4v) is 3.53. The number of thioether (sulfide) groups is 1. The van der Waals surface area contributed by atoms with Gasteiger partial charge in [0.05, 0.1) is 0 Å². The van der Waals surface area contributed by atoms with Gasteiger partial charge in [0.2, 0.25) is 0 Å². The van der Waals surface area contributed by atoms with Crippen molar-refractivity contribution in [1.29, 1.82) is 0 Å². The molecule has 0 spiro atoms. The van der Waals surface area contributed by atoms with Crippen LogP contribution in [0.4, 0.5) is 0 Å². The van der Waals surface area contributed by atoms with Crippen molar-refractivity contribution in [2.75, 3.05) is 31.9 Å². The Balaban J connectivity index is 2.22. The molecule has 130 valence electrons. The van der Waals surface area contributed by atoms with Gasteiger partial charge in [-0.25, -0.2) is 0 Å². The SMILES string of the molecule is C[C@H](SCCN1CCC(CN)CC1)[C@@H](N)C(=O)OC(C)(C)C. The number of piperidine rings is 1. The van der Waals surface area contributed by atoms with Gasteiger partial charge in [-0.15, -0.1) is 0 Å². The van der Waals surface area contributed by atoms with Gasteiger partial charge in [0, 0.05) is 17.5 Å². The van der Waals surface area contributed by atoms with Gasteiger partial charge in [-0.3, -0.25) is 4.79 Å². The molecule has 1 rings (SSSR count). The zero-order valence-corrected chi connectivity index (χ0v) is 15.3. The number of nitrogens with two attached hydrogens (primary N) is 2. The van der Waals surface area contributed by atoms with E-state index in [9.17, 15) is 4.79 Å². The van der Waals surface area contributed by atoms with Gasteiger partial charge < -0.3 is 21.1 Å². The van der Waals surface area contributed by atoms with Crippen molar-refractivity contribution in [3.8, 4) is 0 Å². The molecule has 0 aromatic rings. The van der Waals surface area contributed by atoms with Crippen molar-refractivity contribution >= 4 is 17.7 Å². The molecule has 0 aromatic heterocycles. The molecule has 0 aromatic carbocycles. The number of hydrogen-bond acceptors (Lipinski definition) is 6. The second-order valence-corrected chi connectivity index (χ2v) is 8.64. The van der Waals surface area contributed by atoms with E-state index in [0.717, 1.165) is 31.9 Å². The summed E-state index contributed by atoms with van der Waals surface area (Å²) in [6, 6.07) is -0.563. The molecule has 0 aliphatic carbocycles. The van der Waals surface area contributed by atoms with E-state index in [0.29, 0.717) is 5.92 Å². The first-order valence-corrected chi connectivity index (χ1v) is 9.30. The first kappa shape index (κ1) is 19.7. The molecule has 22 heavy (non-hydrogen) atoms. The van der Waals surface area contributed by atoms with Crippen molar-refractivity contribution in [1.82, 2.24) is 4.90 Å². The summed E-state index contributed by atoms with van der Waals surface area (Å²) in [5.74, 6) is 1.38. The van der Waals surface area contributed by atoms with E-state index in [1.165, 1.54) is 12.8 Å². The molecule has 1 fully saturated rings. The molecule has 0 saturated carbocycles. The second kappa shape index (κ2) is 9.11. The molecule has 0 amide bonds. The number of rotatable bonds is 7. The Hall–Kier alpha value is -0.300. The third-order valence-corrected chi connectivity index (χ3v) is 5.25. The average molecular weight is 332 g/mol. The molecule has 2 atom stereocenters. The maximum Gasteiger partial charge on any atom is 0.324 e. The molecule has 6 heteroatoms. The maximum absolute atomic E-state index is 12.0. The number of likely N-dealkylation sites (tertiary alicyclic amines) is 1. The van der Waals surface area contributed by atoms with E-state index in [4.69, 9.17) is 16.2 Å². The van der Waals surface area contributed by atoms with Crippen LogP contribution < -0.4 is 11.5 Å². The highest BCUT2D eigenvalue weighted by atomic mass is 32.2. The van der Waals surface area contributed by atoms with Gasteiger partial charge in [-0.1, -0.05) is 6.92 Å². The predicted octanol–water partition coefficient (Wildman–Crippen LogP) is 1.45. The minimum Gasteiger partial charge on any atom is -0.459 e.